The van der Waals surface area contributed by atoms with Crippen LogP contribution in [0.15, 0.2) is 126 Å². The maximum atomic E-state index is 5.20. The largest absolute Gasteiger partial charge is 0.307 e. The van der Waals surface area contributed by atoms with Crippen LogP contribution >= 0.6 is 19.0 Å². The van der Waals surface area contributed by atoms with Gasteiger partial charge in [0.2, 0.25) is 5.44 Å². The van der Waals surface area contributed by atoms with Crippen molar-refractivity contribution in [2.75, 3.05) is 5.75 Å². The second kappa shape index (κ2) is 10.4. The molecular formula is C30H28N2PS+. The summed E-state index contributed by atoms with van der Waals surface area (Å²) in [6.07, 6.45) is 1.10. The summed E-state index contributed by atoms with van der Waals surface area (Å²) in [5.41, 5.74) is 2.34. The molecule has 0 aliphatic rings. The van der Waals surface area contributed by atoms with Crippen LogP contribution in [0.2, 0.25) is 0 Å². The van der Waals surface area contributed by atoms with Crippen molar-refractivity contribution in [2.24, 2.45) is 0 Å². The lowest BCUT2D eigenvalue weighted by molar-refractivity contribution is 1.10. The lowest BCUT2D eigenvalue weighted by atomic mass is 10.2. The number of imidazole rings is 1. The minimum Gasteiger partial charge on any atom is -0.307 e. The first-order valence-electron chi connectivity index (χ1n) is 11.7. The van der Waals surface area contributed by atoms with E-state index in [2.05, 4.69) is 133 Å². The lowest BCUT2D eigenvalue weighted by Crippen LogP contribution is -2.40. The summed E-state index contributed by atoms with van der Waals surface area (Å²) in [4.78, 5) is 9.06. The molecule has 0 amide bonds. The van der Waals surface area contributed by atoms with Crippen LogP contribution in [0.4, 0.5) is 0 Å². The minimum absolute atomic E-state index is 0.932. The van der Waals surface area contributed by atoms with E-state index >= 15 is 0 Å². The van der Waals surface area contributed by atoms with Crippen LogP contribution in [0.5, 0.6) is 0 Å². The number of thioether (sulfide) groups is 1. The normalized spacial score (nSPS) is 11.4. The van der Waals surface area contributed by atoms with Gasteiger partial charge >= 0.3 is 0 Å². The highest BCUT2D eigenvalue weighted by atomic mass is 32.2. The van der Waals surface area contributed by atoms with Crippen LogP contribution in [0.25, 0.3) is 11.4 Å². The third-order valence-electron chi connectivity index (χ3n) is 5.91. The van der Waals surface area contributed by atoms with Gasteiger partial charge in [-0.3, -0.25) is 0 Å². The highest BCUT2D eigenvalue weighted by Crippen LogP contribution is 2.55. The zero-order chi connectivity index (χ0) is 23.2. The Morgan fingerprint density at radius 3 is 1.53 bits per heavy atom. The highest BCUT2D eigenvalue weighted by molar-refractivity contribution is 8.04. The van der Waals surface area contributed by atoms with Gasteiger partial charge in [-0.2, -0.15) is 0 Å². The number of rotatable bonds is 8. The maximum Gasteiger partial charge on any atom is 0.210 e. The summed E-state index contributed by atoms with van der Waals surface area (Å²) < 4.78 is 0. The van der Waals surface area contributed by atoms with Crippen LogP contribution < -0.4 is 21.3 Å². The topological polar surface area (TPSA) is 28.7 Å². The first kappa shape index (κ1) is 22.7. The fourth-order valence-corrected chi connectivity index (χ4v) is 9.88. The number of hydrogen-bond donors (Lipinski definition) is 1. The Hall–Kier alpha value is -3.13. The second-order valence-electron chi connectivity index (χ2n) is 8.13. The molecule has 5 aromatic rings. The van der Waals surface area contributed by atoms with Crippen molar-refractivity contribution in [3.8, 4) is 11.4 Å². The van der Waals surface area contributed by atoms with Crippen LogP contribution in [0.1, 0.15) is 13.3 Å². The van der Waals surface area contributed by atoms with Crippen LogP contribution in [-0.2, 0) is 0 Å². The van der Waals surface area contributed by atoms with E-state index in [4.69, 9.17) is 4.98 Å². The molecule has 0 fully saturated rings. The number of benzene rings is 4. The molecule has 0 saturated carbocycles. The van der Waals surface area contributed by atoms with Gasteiger partial charge in [0.25, 0.3) is 0 Å². The number of H-pyrrole nitrogens is 1. The fraction of sp³-hybridized carbons (Fsp3) is 0.100. The van der Waals surface area contributed by atoms with Crippen LogP contribution in [0.3, 0.4) is 0 Å². The van der Waals surface area contributed by atoms with E-state index in [0.717, 1.165) is 28.6 Å². The van der Waals surface area contributed by atoms with E-state index < -0.39 is 7.26 Å². The molecule has 1 aromatic heterocycles. The maximum absolute atomic E-state index is 5.20. The Morgan fingerprint density at radius 1 is 0.647 bits per heavy atom. The Kier molecular flexibility index (Phi) is 6.94. The Morgan fingerprint density at radius 2 is 1.09 bits per heavy atom. The summed E-state index contributed by atoms with van der Waals surface area (Å²) in [6, 6.07) is 43.4. The SMILES string of the molecule is CCCSc1nc(-c2ccccc2)[nH]c1[P+](c1ccccc1)(c1ccccc1)c1ccccc1. The van der Waals surface area contributed by atoms with Crippen molar-refractivity contribution in [3.05, 3.63) is 121 Å². The van der Waals surface area contributed by atoms with Gasteiger partial charge in [-0.15, -0.1) is 11.8 Å². The van der Waals surface area contributed by atoms with Gasteiger partial charge in [0, 0.05) is 5.56 Å². The van der Waals surface area contributed by atoms with Gasteiger partial charge in [0.15, 0.2) is 12.3 Å². The van der Waals surface area contributed by atoms with Crippen LogP contribution in [0, 0.1) is 0 Å². The summed E-state index contributed by atoms with van der Waals surface area (Å²) in [7, 11) is -2.22. The summed E-state index contributed by atoms with van der Waals surface area (Å²) in [5.74, 6) is 1.96. The molecule has 0 spiro atoms. The molecule has 0 atom stereocenters. The summed E-state index contributed by atoms with van der Waals surface area (Å²) in [5, 5.41) is 5.09. The smallest absolute Gasteiger partial charge is 0.210 e. The molecule has 0 radical (unpaired) electrons. The lowest BCUT2D eigenvalue weighted by Gasteiger charge is -2.26. The van der Waals surface area contributed by atoms with Crippen molar-refractivity contribution >= 4 is 40.4 Å². The van der Waals surface area contributed by atoms with E-state index in [9.17, 15) is 0 Å². The third-order valence-corrected chi connectivity index (χ3v) is 11.5. The molecule has 168 valence electrons. The number of nitrogens with zero attached hydrogens (tertiary/aromatic N) is 1. The van der Waals surface area contributed by atoms with E-state index in [1.807, 2.05) is 11.8 Å². The highest BCUT2D eigenvalue weighted by Gasteiger charge is 2.51. The van der Waals surface area contributed by atoms with Crippen LogP contribution in [-0.4, -0.2) is 15.7 Å². The molecule has 4 aromatic carbocycles. The predicted octanol–water partition coefficient (Wildman–Crippen LogP) is 6.20. The monoisotopic (exact) mass is 479 g/mol. The number of aromatic nitrogens is 2. The minimum atomic E-state index is -2.22. The summed E-state index contributed by atoms with van der Waals surface area (Å²) >= 11 is 1.86. The quantitative estimate of drug-likeness (QED) is 0.212. The molecule has 0 bridgehead atoms. The molecule has 1 heterocycles. The zero-order valence-corrected chi connectivity index (χ0v) is 21.0. The first-order chi connectivity index (χ1) is 16.8. The van der Waals surface area contributed by atoms with E-state index in [1.165, 1.54) is 21.3 Å². The van der Waals surface area contributed by atoms with E-state index in [-0.39, 0.29) is 0 Å². The molecule has 0 aliphatic heterocycles. The van der Waals surface area contributed by atoms with Gasteiger partial charge in [-0.25, -0.2) is 4.98 Å². The zero-order valence-electron chi connectivity index (χ0n) is 19.3. The van der Waals surface area contributed by atoms with Gasteiger partial charge in [-0.05, 0) is 48.6 Å². The standard InChI is InChI=1S/C30H28N2PS/c1-2-23-34-30-29(31-28(32-30)24-15-7-3-8-16-24)33(25-17-9-4-10-18-25,26-19-11-5-12-20-26)27-21-13-6-14-22-27/h3-22H,2,23H2,1H3,(H,31,32)/q+1. The molecule has 4 heteroatoms. The second-order valence-corrected chi connectivity index (χ2v) is 12.6. The van der Waals surface area contributed by atoms with Gasteiger partial charge in [0.1, 0.15) is 21.7 Å². The summed E-state index contributed by atoms with van der Waals surface area (Å²) in [6.45, 7) is 2.23. The Labute approximate surface area is 206 Å². The van der Waals surface area contributed by atoms with Gasteiger partial charge in [-0.1, -0.05) is 91.9 Å². The average Bonchev–Trinajstić information content (AvgIpc) is 3.35. The van der Waals surface area contributed by atoms with Crippen molar-refractivity contribution < 1.29 is 0 Å². The Bertz CT molecular complexity index is 1220. The Balaban J connectivity index is 1.87. The molecule has 0 saturated heterocycles. The van der Waals surface area contributed by atoms with E-state index in [1.54, 1.807) is 0 Å². The number of aromatic amines is 1. The molecular weight excluding hydrogens is 451 g/mol. The third kappa shape index (κ3) is 4.22. The van der Waals surface area contributed by atoms with Gasteiger partial charge < -0.3 is 4.98 Å². The van der Waals surface area contributed by atoms with Crippen molar-refractivity contribution in [3.63, 3.8) is 0 Å². The average molecular weight is 480 g/mol. The molecule has 0 aliphatic carbocycles. The molecule has 5 rings (SSSR count). The number of nitrogens with one attached hydrogen (secondary N) is 1. The predicted molar refractivity (Wildman–Crippen MR) is 150 cm³/mol. The molecule has 2 nitrogen and oxygen atoms in total. The first-order valence-corrected chi connectivity index (χ1v) is 14.5. The van der Waals surface area contributed by atoms with E-state index in [0.29, 0.717) is 0 Å². The van der Waals surface area contributed by atoms with Crippen molar-refractivity contribution in [1.82, 2.24) is 9.97 Å². The number of hydrogen-bond acceptors (Lipinski definition) is 2. The van der Waals surface area contributed by atoms with Gasteiger partial charge in [0.05, 0.1) is 0 Å². The molecule has 1 N–H and O–H groups in total. The fourth-order valence-electron chi connectivity index (χ4n) is 4.40. The van der Waals surface area contributed by atoms with Crippen molar-refractivity contribution in [2.45, 2.75) is 18.4 Å². The van der Waals surface area contributed by atoms with Crippen molar-refractivity contribution in [1.29, 1.82) is 0 Å². The molecule has 34 heavy (non-hydrogen) atoms. The molecule has 0 unspecified atom stereocenters.